The van der Waals surface area contributed by atoms with Gasteiger partial charge < -0.3 is 15.2 Å². The Balaban J connectivity index is 1.98. The first-order chi connectivity index (χ1) is 10.2. The molecule has 0 atom stereocenters. The Morgan fingerprint density at radius 1 is 1.10 bits per heavy atom. The van der Waals surface area contributed by atoms with Crippen LogP contribution in [0.4, 0.5) is 5.69 Å². The number of rotatable bonds is 1. The number of halogens is 1. The monoisotopic (exact) mass is 299 g/mol. The third-order valence-electron chi connectivity index (χ3n) is 3.42. The summed E-state index contributed by atoms with van der Waals surface area (Å²) in [4.78, 5) is 0. The summed E-state index contributed by atoms with van der Waals surface area (Å²) in [5, 5.41) is 10.6. The molecule has 1 aromatic heterocycles. The molecule has 1 aliphatic rings. The predicted octanol–water partition coefficient (Wildman–Crippen LogP) is 3.26. The number of nitrogens with zero attached hydrogens (tertiary/aromatic N) is 2. The van der Waals surface area contributed by atoms with E-state index >= 15 is 0 Å². The first-order valence-electron chi connectivity index (χ1n) is 6.33. The lowest BCUT2D eigenvalue weighted by molar-refractivity contribution is 0.174. The number of fused-ring (bicyclic) bond motifs is 2. The van der Waals surface area contributed by atoms with Gasteiger partial charge in [0, 0.05) is 16.3 Å². The van der Waals surface area contributed by atoms with Gasteiger partial charge in [-0.2, -0.15) is 5.10 Å². The highest BCUT2D eigenvalue weighted by Crippen LogP contribution is 2.39. The van der Waals surface area contributed by atoms with E-state index in [0.717, 1.165) is 27.8 Å². The lowest BCUT2D eigenvalue weighted by atomic mass is 10.0. The summed E-state index contributed by atoms with van der Waals surface area (Å²) in [7, 11) is 0. The van der Waals surface area contributed by atoms with E-state index in [4.69, 9.17) is 26.8 Å². The highest BCUT2D eigenvalue weighted by Gasteiger charge is 2.17. The molecule has 0 saturated carbocycles. The van der Waals surface area contributed by atoms with Crippen LogP contribution in [-0.4, -0.2) is 17.0 Å². The lowest BCUT2D eigenvalue weighted by Crippen LogP contribution is -1.93. The van der Waals surface area contributed by atoms with Crippen LogP contribution < -0.4 is 15.2 Å². The number of ether oxygens (including phenoxy) is 2. The SMILES string of the molecule is Nc1cc(-c2nncc3cc4c(cc23)OCO4)ccc1Cl. The Morgan fingerprint density at radius 3 is 2.71 bits per heavy atom. The molecular weight excluding hydrogens is 290 g/mol. The van der Waals surface area contributed by atoms with E-state index in [-0.39, 0.29) is 6.79 Å². The van der Waals surface area contributed by atoms with Crippen molar-refractivity contribution in [2.75, 3.05) is 12.5 Å². The predicted molar refractivity (Wildman–Crippen MR) is 80.5 cm³/mol. The Hall–Kier alpha value is -2.53. The smallest absolute Gasteiger partial charge is 0.231 e. The van der Waals surface area contributed by atoms with Gasteiger partial charge in [0.1, 0.15) is 5.69 Å². The first kappa shape index (κ1) is 12.2. The molecule has 2 N–H and O–H groups in total. The largest absolute Gasteiger partial charge is 0.454 e. The molecule has 2 aromatic carbocycles. The molecule has 0 aliphatic carbocycles. The van der Waals surface area contributed by atoms with E-state index in [2.05, 4.69) is 10.2 Å². The van der Waals surface area contributed by atoms with Gasteiger partial charge >= 0.3 is 0 Å². The summed E-state index contributed by atoms with van der Waals surface area (Å²) in [5.74, 6) is 1.43. The van der Waals surface area contributed by atoms with Gasteiger partial charge in [0.25, 0.3) is 0 Å². The quantitative estimate of drug-likeness (QED) is 0.698. The number of hydrogen-bond acceptors (Lipinski definition) is 5. The molecule has 0 bridgehead atoms. The van der Waals surface area contributed by atoms with Crippen molar-refractivity contribution in [1.82, 2.24) is 10.2 Å². The molecule has 4 rings (SSSR count). The maximum atomic E-state index is 5.97. The van der Waals surface area contributed by atoms with Crippen LogP contribution in [0.1, 0.15) is 0 Å². The summed E-state index contributed by atoms with van der Waals surface area (Å²) < 4.78 is 10.8. The van der Waals surface area contributed by atoms with E-state index < -0.39 is 0 Å². The maximum absolute atomic E-state index is 5.97. The summed E-state index contributed by atoms with van der Waals surface area (Å²) in [6.07, 6.45) is 1.69. The van der Waals surface area contributed by atoms with Gasteiger partial charge in [0.2, 0.25) is 6.79 Å². The molecule has 0 unspecified atom stereocenters. The normalized spacial score (nSPS) is 12.8. The van der Waals surface area contributed by atoms with Gasteiger partial charge in [0.15, 0.2) is 11.5 Å². The number of nitrogens with two attached hydrogens (primary N) is 1. The molecule has 3 aromatic rings. The van der Waals surface area contributed by atoms with Gasteiger partial charge in [0.05, 0.1) is 16.9 Å². The second kappa shape index (κ2) is 4.49. The Bertz CT molecular complexity index is 867. The van der Waals surface area contributed by atoms with Gasteiger partial charge in [-0.1, -0.05) is 17.7 Å². The lowest BCUT2D eigenvalue weighted by Gasteiger charge is -2.07. The zero-order valence-electron chi connectivity index (χ0n) is 10.8. The molecule has 6 heteroatoms. The average Bonchev–Trinajstić information content (AvgIpc) is 2.94. The van der Waals surface area contributed by atoms with Crippen molar-refractivity contribution < 1.29 is 9.47 Å². The molecule has 0 fully saturated rings. The number of nitrogen functional groups attached to an aromatic ring is 1. The first-order valence-corrected chi connectivity index (χ1v) is 6.70. The summed E-state index contributed by atoms with van der Waals surface area (Å²) >= 11 is 5.97. The number of benzene rings is 2. The summed E-state index contributed by atoms with van der Waals surface area (Å²) in [6, 6.07) is 9.21. The Kier molecular flexibility index (Phi) is 2.62. The van der Waals surface area contributed by atoms with E-state index in [9.17, 15) is 0 Å². The van der Waals surface area contributed by atoms with E-state index in [1.165, 1.54) is 0 Å². The van der Waals surface area contributed by atoms with Gasteiger partial charge in [-0.3, -0.25) is 0 Å². The molecule has 1 aliphatic heterocycles. The molecule has 0 spiro atoms. The Morgan fingerprint density at radius 2 is 1.90 bits per heavy atom. The van der Waals surface area contributed by atoms with Gasteiger partial charge in [-0.15, -0.1) is 5.10 Å². The Labute approximate surface area is 125 Å². The van der Waals surface area contributed by atoms with Crippen LogP contribution in [0, 0.1) is 0 Å². The molecule has 0 saturated heterocycles. The van der Waals surface area contributed by atoms with Crippen molar-refractivity contribution in [3.8, 4) is 22.8 Å². The fraction of sp³-hybridized carbons (Fsp3) is 0.0667. The van der Waals surface area contributed by atoms with E-state index in [1.54, 1.807) is 18.3 Å². The van der Waals surface area contributed by atoms with Crippen LogP contribution in [0.5, 0.6) is 11.5 Å². The average molecular weight is 300 g/mol. The second-order valence-corrected chi connectivity index (χ2v) is 5.13. The summed E-state index contributed by atoms with van der Waals surface area (Å²) in [6.45, 7) is 0.232. The van der Waals surface area contributed by atoms with Crippen molar-refractivity contribution in [3.05, 3.63) is 41.6 Å². The number of anilines is 1. The molecular formula is C15H10ClN3O2. The topological polar surface area (TPSA) is 70.3 Å². The fourth-order valence-electron chi connectivity index (χ4n) is 2.38. The fourth-order valence-corrected chi connectivity index (χ4v) is 2.49. The highest BCUT2D eigenvalue weighted by molar-refractivity contribution is 6.33. The molecule has 104 valence electrons. The molecule has 0 amide bonds. The summed E-state index contributed by atoms with van der Waals surface area (Å²) in [5.41, 5.74) is 7.96. The van der Waals surface area contributed by atoms with Crippen LogP contribution >= 0.6 is 11.6 Å². The zero-order chi connectivity index (χ0) is 14.4. The van der Waals surface area contributed by atoms with E-state index in [0.29, 0.717) is 16.5 Å². The minimum atomic E-state index is 0.232. The number of aromatic nitrogens is 2. The van der Waals surface area contributed by atoms with Gasteiger partial charge in [-0.05, 0) is 24.3 Å². The zero-order valence-corrected chi connectivity index (χ0v) is 11.6. The third-order valence-corrected chi connectivity index (χ3v) is 3.77. The third kappa shape index (κ3) is 1.94. The second-order valence-electron chi connectivity index (χ2n) is 4.72. The van der Waals surface area contributed by atoms with Crippen LogP contribution in [0.3, 0.4) is 0 Å². The molecule has 0 radical (unpaired) electrons. The highest BCUT2D eigenvalue weighted by atomic mass is 35.5. The standard InChI is InChI=1S/C15H10ClN3O2/c16-11-2-1-8(3-12(11)17)15-10-5-14-13(20-7-21-14)4-9(10)6-18-19-15/h1-6H,7,17H2. The van der Waals surface area contributed by atoms with Crippen molar-refractivity contribution in [1.29, 1.82) is 0 Å². The van der Waals surface area contributed by atoms with Gasteiger partial charge in [-0.25, -0.2) is 0 Å². The maximum Gasteiger partial charge on any atom is 0.231 e. The van der Waals surface area contributed by atoms with Crippen molar-refractivity contribution in [3.63, 3.8) is 0 Å². The molecule has 5 nitrogen and oxygen atoms in total. The molecule has 2 heterocycles. The molecule has 21 heavy (non-hydrogen) atoms. The minimum Gasteiger partial charge on any atom is -0.454 e. The number of hydrogen-bond donors (Lipinski definition) is 1. The van der Waals surface area contributed by atoms with Crippen LogP contribution in [-0.2, 0) is 0 Å². The van der Waals surface area contributed by atoms with Crippen molar-refractivity contribution in [2.24, 2.45) is 0 Å². The van der Waals surface area contributed by atoms with Crippen molar-refractivity contribution >= 4 is 28.1 Å². The van der Waals surface area contributed by atoms with Crippen LogP contribution in [0.15, 0.2) is 36.5 Å². The van der Waals surface area contributed by atoms with Crippen molar-refractivity contribution in [2.45, 2.75) is 0 Å². The van der Waals surface area contributed by atoms with Crippen LogP contribution in [0.2, 0.25) is 5.02 Å². The van der Waals surface area contributed by atoms with Crippen LogP contribution in [0.25, 0.3) is 22.0 Å². The minimum absolute atomic E-state index is 0.232. The van der Waals surface area contributed by atoms with E-state index in [1.807, 2.05) is 18.2 Å².